The van der Waals surface area contributed by atoms with Crippen LogP contribution in [0.15, 0.2) is 24.3 Å². The van der Waals surface area contributed by atoms with Crippen LogP contribution in [0.5, 0.6) is 0 Å². The van der Waals surface area contributed by atoms with Gasteiger partial charge in [0.2, 0.25) is 0 Å². The van der Waals surface area contributed by atoms with E-state index in [2.05, 4.69) is 72.8 Å². The summed E-state index contributed by atoms with van der Waals surface area (Å²) in [6, 6.07) is 0. The molecule has 0 rings (SSSR count). The van der Waals surface area contributed by atoms with Gasteiger partial charge in [-0.15, -0.1) is 0 Å². The van der Waals surface area contributed by atoms with Crippen LogP contribution in [0.2, 0.25) is 0 Å². The molecule has 0 aliphatic heterocycles. The molecule has 0 fully saturated rings. The Kier molecular flexibility index (Phi) is 61.6. The van der Waals surface area contributed by atoms with E-state index < -0.39 is 97.5 Å². The van der Waals surface area contributed by atoms with Crippen LogP contribution in [0.1, 0.15) is 344 Å². The van der Waals surface area contributed by atoms with Crippen molar-refractivity contribution in [2.24, 2.45) is 17.8 Å². The van der Waals surface area contributed by atoms with Crippen molar-refractivity contribution in [2.75, 3.05) is 39.6 Å². The van der Waals surface area contributed by atoms with Crippen LogP contribution < -0.4 is 0 Å². The number of hydrogen-bond donors (Lipinski definition) is 3. The number of rotatable bonds is 69. The Bertz CT molecular complexity index is 1900. The van der Waals surface area contributed by atoms with Crippen molar-refractivity contribution in [1.82, 2.24) is 0 Å². The Labute approximate surface area is 561 Å². The summed E-state index contributed by atoms with van der Waals surface area (Å²) in [6.07, 6.45) is 50.8. The van der Waals surface area contributed by atoms with Crippen molar-refractivity contribution in [2.45, 2.75) is 362 Å². The molecule has 542 valence electrons. The lowest BCUT2D eigenvalue weighted by Crippen LogP contribution is -2.30. The quantitative estimate of drug-likeness (QED) is 0.0169. The molecule has 0 heterocycles. The average Bonchev–Trinajstić information content (AvgIpc) is 2.27. The van der Waals surface area contributed by atoms with Crippen LogP contribution in [-0.4, -0.2) is 96.7 Å². The fourth-order valence-corrected chi connectivity index (χ4v) is 12.1. The summed E-state index contributed by atoms with van der Waals surface area (Å²) < 4.78 is 68.3. The Morgan fingerprint density at radius 3 is 0.967 bits per heavy atom. The third-order valence-electron chi connectivity index (χ3n) is 16.6. The smallest absolute Gasteiger partial charge is 0.462 e. The zero-order valence-corrected chi connectivity index (χ0v) is 61.3. The van der Waals surface area contributed by atoms with Gasteiger partial charge in [-0.2, -0.15) is 0 Å². The first-order chi connectivity index (χ1) is 44.3. The van der Waals surface area contributed by atoms with Gasteiger partial charge in [-0.3, -0.25) is 37.3 Å². The maximum absolute atomic E-state index is 13.0. The predicted octanol–water partition coefficient (Wildman–Crippen LogP) is 20.6. The third kappa shape index (κ3) is 64.9. The highest BCUT2D eigenvalue weighted by Crippen LogP contribution is 2.45. The Morgan fingerprint density at radius 2 is 0.641 bits per heavy atom. The summed E-state index contributed by atoms with van der Waals surface area (Å²) in [6.45, 7) is 11.8. The van der Waals surface area contributed by atoms with E-state index in [1.807, 2.05) is 0 Å². The Hall–Kier alpha value is -2.46. The second-order valence-corrected chi connectivity index (χ2v) is 29.7. The lowest BCUT2D eigenvalue weighted by Gasteiger charge is -2.21. The molecule has 0 aromatic rings. The normalized spacial score (nSPS) is 14.6. The van der Waals surface area contributed by atoms with Gasteiger partial charge < -0.3 is 33.8 Å². The molecule has 0 amide bonds. The topological polar surface area (TPSA) is 237 Å². The van der Waals surface area contributed by atoms with Gasteiger partial charge in [0.05, 0.1) is 26.4 Å². The van der Waals surface area contributed by atoms with E-state index >= 15 is 0 Å². The number of esters is 4. The van der Waals surface area contributed by atoms with Gasteiger partial charge in [0.25, 0.3) is 0 Å². The summed E-state index contributed by atoms with van der Waals surface area (Å²) in [5.74, 6) is 0.0902. The Balaban J connectivity index is 5.28. The van der Waals surface area contributed by atoms with Crippen LogP contribution in [0.4, 0.5) is 0 Å². The maximum atomic E-state index is 13.0. The van der Waals surface area contributed by atoms with Gasteiger partial charge in [-0.1, -0.05) is 291 Å². The molecule has 0 bridgehead atoms. The highest BCUT2D eigenvalue weighted by molar-refractivity contribution is 7.47. The number of hydrogen-bond acceptors (Lipinski definition) is 15. The number of allylic oxidation sites excluding steroid dienone is 4. The molecule has 19 heteroatoms. The summed E-state index contributed by atoms with van der Waals surface area (Å²) >= 11 is 0. The summed E-state index contributed by atoms with van der Waals surface area (Å²) in [5, 5.41) is 10.6. The van der Waals surface area contributed by atoms with E-state index in [0.29, 0.717) is 31.6 Å². The van der Waals surface area contributed by atoms with Gasteiger partial charge >= 0.3 is 39.5 Å². The molecule has 0 saturated carbocycles. The number of unbranched alkanes of at least 4 members (excludes halogenated alkanes) is 33. The molecular formula is C73H138O17P2. The largest absolute Gasteiger partial charge is 0.472 e. The minimum absolute atomic E-state index is 0.0977. The fourth-order valence-electron chi connectivity index (χ4n) is 10.5. The van der Waals surface area contributed by atoms with E-state index in [9.17, 15) is 43.2 Å². The third-order valence-corrected chi connectivity index (χ3v) is 18.5. The minimum Gasteiger partial charge on any atom is -0.462 e. The molecule has 3 N–H and O–H groups in total. The fraction of sp³-hybridized carbons (Fsp3) is 0.890. The maximum Gasteiger partial charge on any atom is 0.472 e. The molecule has 6 atom stereocenters. The van der Waals surface area contributed by atoms with Gasteiger partial charge in [-0.25, -0.2) is 9.13 Å². The molecule has 0 aromatic carbocycles. The number of phosphoric acid groups is 2. The van der Waals surface area contributed by atoms with Crippen LogP contribution in [-0.2, 0) is 65.4 Å². The lowest BCUT2D eigenvalue weighted by atomic mass is 9.99. The van der Waals surface area contributed by atoms with E-state index in [1.165, 1.54) is 128 Å². The van der Waals surface area contributed by atoms with Gasteiger partial charge in [0.15, 0.2) is 12.2 Å². The molecule has 0 saturated heterocycles. The van der Waals surface area contributed by atoms with E-state index in [-0.39, 0.29) is 25.7 Å². The van der Waals surface area contributed by atoms with Gasteiger partial charge in [-0.05, 0) is 69.1 Å². The first-order valence-corrected chi connectivity index (χ1v) is 40.2. The molecule has 0 aliphatic carbocycles. The second kappa shape index (κ2) is 63.3. The van der Waals surface area contributed by atoms with Gasteiger partial charge in [0, 0.05) is 25.7 Å². The van der Waals surface area contributed by atoms with Crippen molar-refractivity contribution in [1.29, 1.82) is 0 Å². The van der Waals surface area contributed by atoms with Crippen LogP contribution in [0.3, 0.4) is 0 Å². The number of aliphatic hydroxyl groups excluding tert-OH is 1. The molecule has 0 radical (unpaired) electrons. The highest BCUT2D eigenvalue weighted by atomic mass is 31.2. The zero-order valence-electron chi connectivity index (χ0n) is 59.5. The highest BCUT2D eigenvalue weighted by Gasteiger charge is 2.30. The van der Waals surface area contributed by atoms with Crippen molar-refractivity contribution >= 4 is 39.5 Å². The van der Waals surface area contributed by atoms with E-state index in [0.717, 1.165) is 127 Å². The monoisotopic (exact) mass is 1350 g/mol. The molecule has 92 heavy (non-hydrogen) atoms. The number of carbonyl (C=O) groups excluding carboxylic acids is 4. The number of ether oxygens (including phenoxy) is 4. The zero-order chi connectivity index (χ0) is 68.0. The average molecular weight is 1350 g/mol. The molecule has 0 aromatic heterocycles. The molecule has 0 spiro atoms. The molecule has 4 unspecified atom stereocenters. The van der Waals surface area contributed by atoms with E-state index in [4.69, 9.17) is 37.0 Å². The number of carbonyl (C=O) groups is 4. The number of phosphoric ester groups is 2. The second-order valence-electron chi connectivity index (χ2n) is 26.8. The first kappa shape index (κ1) is 89.5. The number of aliphatic hydroxyl groups is 1. The summed E-state index contributed by atoms with van der Waals surface area (Å²) in [4.78, 5) is 72.6. The van der Waals surface area contributed by atoms with Crippen LogP contribution in [0, 0.1) is 17.8 Å². The van der Waals surface area contributed by atoms with Crippen LogP contribution in [0.25, 0.3) is 0 Å². The standard InChI is InChI=1S/C73H138O17P2/c1-8-10-11-12-13-14-15-16-17-18-22-25-33-40-47-54-70(75)83-60-68(90-73(78)57-50-43-35-28-27-32-39-46-53-66(7)9-2)62-87-91(79,80)85-58-67(74)59-86-92(81,82)88-63-69(61-84-71(76)55-48-41-36-29-31-38-45-52-65(5)6)89-72(77)56-49-42-34-26-23-20-19-21-24-30-37-44-51-64(3)4/h14-17,64-69,74H,8-13,18-63H2,1-7H3,(H,79,80)(H,81,82)/b15-14-,17-16-/t66?,67?,68-,69-/m1/s1. The predicted molar refractivity (Wildman–Crippen MR) is 372 cm³/mol. The van der Waals surface area contributed by atoms with Crippen molar-refractivity contribution in [3.8, 4) is 0 Å². The van der Waals surface area contributed by atoms with Crippen LogP contribution >= 0.6 is 15.6 Å². The Morgan fingerprint density at radius 1 is 0.359 bits per heavy atom. The SMILES string of the molecule is CCCCCC/C=C\C=C/CCCCCCCC(=O)OC[C@H](COP(=O)(O)OCC(O)COP(=O)(O)OC[C@@H](COC(=O)CCCCCCCCCC(C)C)OC(=O)CCCCCCCCCCCCCCC(C)C)OC(=O)CCCCCCCCCCC(C)CC. The van der Waals surface area contributed by atoms with Crippen molar-refractivity contribution < 1.29 is 80.2 Å². The minimum atomic E-state index is -4.96. The summed E-state index contributed by atoms with van der Waals surface area (Å²) in [5.41, 5.74) is 0. The lowest BCUT2D eigenvalue weighted by molar-refractivity contribution is -0.161. The molecular weight excluding hydrogens is 1210 g/mol. The molecule has 0 aliphatic rings. The molecule has 17 nitrogen and oxygen atoms in total. The van der Waals surface area contributed by atoms with Gasteiger partial charge in [0.1, 0.15) is 19.3 Å². The first-order valence-electron chi connectivity index (χ1n) is 37.2. The van der Waals surface area contributed by atoms with Crippen molar-refractivity contribution in [3.63, 3.8) is 0 Å². The van der Waals surface area contributed by atoms with Crippen molar-refractivity contribution in [3.05, 3.63) is 24.3 Å². The van der Waals surface area contributed by atoms with E-state index in [1.54, 1.807) is 0 Å². The summed E-state index contributed by atoms with van der Waals surface area (Å²) in [7, 11) is -9.92.